The third-order valence-electron chi connectivity index (χ3n) is 4.17. The summed E-state index contributed by atoms with van der Waals surface area (Å²) in [5.41, 5.74) is 0. The van der Waals surface area contributed by atoms with Gasteiger partial charge < -0.3 is 14.5 Å². The molecule has 0 aromatic heterocycles. The Hall–Kier alpha value is -0.770. The van der Waals surface area contributed by atoms with Gasteiger partial charge in [-0.2, -0.15) is 0 Å². The summed E-state index contributed by atoms with van der Waals surface area (Å²) in [7, 11) is 0. The number of hydrogen-bond donors (Lipinski definition) is 0. The van der Waals surface area contributed by atoms with Gasteiger partial charge in [0.05, 0.1) is 6.10 Å². The van der Waals surface area contributed by atoms with Crippen LogP contribution in [-0.4, -0.2) is 54.7 Å². The van der Waals surface area contributed by atoms with Gasteiger partial charge in [-0.15, -0.1) is 0 Å². The number of likely N-dealkylation sites (tertiary alicyclic amines) is 2. The highest BCUT2D eigenvalue weighted by atomic mass is 16.5. The van der Waals surface area contributed by atoms with Crippen molar-refractivity contribution in [2.75, 3.05) is 32.8 Å². The number of nitrogens with zero attached hydrogens (tertiary/aromatic N) is 2. The van der Waals surface area contributed by atoms with Crippen LogP contribution >= 0.6 is 0 Å². The summed E-state index contributed by atoms with van der Waals surface area (Å²) in [5, 5.41) is 0. The van der Waals surface area contributed by atoms with Crippen LogP contribution in [0, 0.1) is 5.92 Å². The molecule has 2 heterocycles. The maximum absolute atomic E-state index is 12.3. The van der Waals surface area contributed by atoms with E-state index in [1.54, 1.807) is 0 Å². The van der Waals surface area contributed by atoms with E-state index in [4.69, 9.17) is 4.74 Å². The van der Waals surface area contributed by atoms with Crippen molar-refractivity contribution in [3.8, 4) is 0 Å². The lowest BCUT2D eigenvalue weighted by atomic mass is 9.99. The molecule has 0 atom stereocenters. The Bertz CT molecular complexity index is 267. The predicted octanol–water partition coefficient (Wildman–Crippen LogP) is 2.34. The Labute approximate surface area is 110 Å². The van der Waals surface area contributed by atoms with Gasteiger partial charge in [-0.25, -0.2) is 4.79 Å². The molecule has 0 aliphatic carbocycles. The Morgan fingerprint density at radius 2 is 1.56 bits per heavy atom. The Morgan fingerprint density at radius 3 is 2.06 bits per heavy atom. The zero-order valence-corrected chi connectivity index (χ0v) is 11.7. The standard InChI is InChI=1S/C14H26N2O2/c1-3-18-13-6-10-16(11-7-13)14(17)15-8-4-12(2)5-9-15/h12-13H,3-11H2,1-2H3. The molecular weight excluding hydrogens is 228 g/mol. The molecule has 104 valence electrons. The number of hydrogen-bond acceptors (Lipinski definition) is 2. The Balaban J connectivity index is 1.77. The van der Waals surface area contributed by atoms with E-state index in [0.29, 0.717) is 6.10 Å². The number of piperidine rings is 2. The average molecular weight is 254 g/mol. The summed E-state index contributed by atoms with van der Waals surface area (Å²) in [4.78, 5) is 16.4. The van der Waals surface area contributed by atoms with Gasteiger partial charge in [0.25, 0.3) is 0 Å². The fourth-order valence-corrected chi connectivity index (χ4v) is 2.85. The molecule has 0 N–H and O–H groups in total. The van der Waals surface area contributed by atoms with Gasteiger partial charge >= 0.3 is 6.03 Å². The van der Waals surface area contributed by atoms with Gasteiger partial charge in [-0.05, 0) is 38.5 Å². The summed E-state index contributed by atoms with van der Waals surface area (Å²) < 4.78 is 5.62. The number of ether oxygens (including phenoxy) is 1. The van der Waals surface area contributed by atoms with Crippen molar-refractivity contribution in [1.29, 1.82) is 0 Å². The molecule has 0 saturated carbocycles. The highest BCUT2D eigenvalue weighted by Crippen LogP contribution is 2.20. The lowest BCUT2D eigenvalue weighted by Gasteiger charge is -2.38. The average Bonchev–Trinajstić information content (AvgIpc) is 2.40. The van der Waals surface area contributed by atoms with Crippen molar-refractivity contribution in [3.63, 3.8) is 0 Å². The first-order valence-corrected chi connectivity index (χ1v) is 7.36. The topological polar surface area (TPSA) is 32.8 Å². The molecule has 0 radical (unpaired) electrons. The predicted molar refractivity (Wildman–Crippen MR) is 71.6 cm³/mol. The van der Waals surface area contributed by atoms with E-state index >= 15 is 0 Å². The number of urea groups is 1. The van der Waals surface area contributed by atoms with Gasteiger partial charge in [0.1, 0.15) is 0 Å². The number of carbonyl (C=O) groups is 1. The van der Waals surface area contributed by atoms with Crippen molar-refractivity contribution in [2.45, 2.75) is 45.6 Å². The van der Waals surface area contributed by atoms with Gasteiger partial charge in [-0.3, -0.25) is 0 Å². The first kappa shape index (κ1) is 13.7. The van der Waals surface area contributed by atoms with Crippen LogP contribution in [0.3, 0.4) is 0 Å². The molecule has 4 nitrogen and oxygen atoms in total. The second-order valence-corrected chi connectivity index (χ2v) is 5.59. The van der Waals surface area contributed by atoms with E-state index < -0.39 is 0 Å². The molecule has 2 aliphatic heterocycles. The van der Waals surface area contributed by atoms with E-state index in [-0.39, 0.29) is 6.03 Å². The van der Waals surface area contributed by atoms with Crippen molar-refractivity contribution >= 4 is 6.03 Å². The van der Waals surface area contributed by atoms with Crippen molar-refractivity contribution in [3.05, 3.63) is 0 Å². The quantitative estimate of drug-likeness (QED) is 0.757. The summed E-state index contributed by atoms with van der Waals surface area (Å²) in [6.07, 6.45) is 4.65. The number of rotatable bonds is 2. The van der Waals surface area contributed by atoms with Crippen LogP contribution < -0.4 is 0 Å². The van der Waals surface area contributed by atoms with E-state index in [1.807, 2.05) is 16.7 Å². The zero-order valence-electron chi connectivity index (χ0n) is 11.7. The summed E-state index contributed by atoms with van der Waals surface area (Å²) in [6.45, 7) is 8.67. The Morgan fingerprint density at radius 1 is 1.06 bits per heavy atom. The highest BCUT2D eigenvalue weighted by molar-refractivity contribution is 5.74. The monoisotopic (exact) mass is 254 g/mol. The first-order chi connectivity index (χ1) is 8.70. The van der Waals surface area contributed by atoms with Crippen molar-refractivity contribution in [1.82, 2.24) is 9.80 Å². The van der Waals surface area contributed by atoms with E-state index in [0.717, 1.165) is 64.4 Å². The molecule has 0 aromatic carbocycles. The molecule has 0 aromatic rings. The van der Waals surface area contributed by atoms with Gasteiger partial charge in [0.15, 0.2) is 0 Å². The van der Waals surface area contributed by atoms with Crippen LogP contribution in [0.25, 0.3) is 0 Å². The molecule has 2 amide bonds. The van der Waals surface area contributed by atoms with Crippen LogP contribution in [0.1, 0.15) is 39.5 Å². The van der Waals surface area contributed by atoms with Gasteiger partial charge in [-0.1, -0.05) is 6.92 Å². The second-order valence-electron chi connectivity index (χ2n) is 5.59. The molecule has 0 unspecified atom stereocenters. The first-order valence-electron chi connectivity index (χ1n) is 7.36. The van der Waals surface area contributed by atoms with E-state index in [9.17, 15) is 4.79 Å². The van der Waals surface area contributed by atoms with Crippen molar-refractivity contribution in [2.24, 2.45) is 5.92 Å². The van der Waals surface area contributed by atoms with Crippen molar-refractivity contribution < 1.29 is 9.53 Å². The third kappa shape index (κ3) is 3.37. The van der Waals surface area contributed by atoms with Gasteiger partial charge in [0, 0.05) is 32.8 Å². The molecule has 2 saturated heterocycles. The lowest BCUT2D eigenvalue weighted by molar-refractivity contribution is 0.0174. The molecule has 2 aliphatic rings. The molecular formula is C14H26N2O2. The molecule has 18 heavy (non-hydrogen) atoms. The molecule has 0 spiro atoms. The smallest absolute Gasteiger partial charge is 0.320 e. The third-order valence-corrected chi connectivity index (χ3v) is 4.17. The molecule has 2 rings (SSSR count). The largest absolute Gasteiger partial charge is 0.378 e. The normalized spacial score (nSPS) is 23.4. The van der Waals surface area contributed by atoms with Crippen LogP contribution in [0.4, 0.5) is 4.79 Å². The SMILES string of the molecule is CCOC1CCN(C(=O)N2CCC(C)CC2)CC1. The second kappa shape index (κ2) is 6.41. The fourth-order valence-electron chi connectivity index (χ4n) is 2.85. The minimum atomic E-state index is 0.247. The summed E-state index contributed by atoms with van der Waals surface area (Å²) in [6, 6.07) is 0.247. The molecule has 0 bridgehead atoms. The minimum absolute atomic E-state index is 0.247. The highest BCUT2D eigenvalue weighted by Gasteiger charge is 2.28. The summed E-state index contributed by atoms with van der Waals surface area (Å²) in [5.74, 6) is 0.776. The van der Waals surface area contributed by atoms with Crippen LogP contribution in [0.5, 0.6) is 0 Å². The molecule has 4 heteroatoms. The maximum Gasteiger partial charge on any atom is 0.320 e. The number of carbonyl (C=O) groups excluding carboxylic acids is 1. The fraction of sp³-hybridized carbons (Fsp3) is 0.929. The maximum atomic E-state index is 12.3. The lowest BCUT2D eigenvalue weighted by Crippen LogP contribution is -2.49. The summed E-state index contributed by atoms with van der Waals surface area (Å²) >= 11 is 0. The Kier molecular flexibility index (Phi) is 4.87. The van der Waals surface area contributed by atoms with Crippen LogP contribution in [0.2, 0.25) is 0 Å². The van der Waals surface area contributed by atoms with E-state index in [1.165, 1.54) is 0 Å². The van der Waals surface area contributed by atoms with Gasteiger partial charge in [0.2, 0.25) is 0 Å². The van der Waals surface area contributed by atoms with Crippen LogP contribution in [0.15, 0.2) is 0 Å². The minimum Gasteiger partial charge on any atom is -0.378 e. The molecule has 2 fully saturated rings. The van der Waals surface area contributed by atoms with E-state index in [2.05, 4.69) is 6.92 Å². The zero-order chi connectivity index (χ0) is 13.0. The van der Waals surface area contributed by atoms with Crippen LogP contribution in [-0.2, 0) is 4.74 Å². The number of amides is 2.